The number of allylic oxidation sites excluding steroid dienone is 2. The number of halogens is 3. The molecule has 0 radical (unpaired) electrons. The molecule has 0 aliphatic heterocycles. The van der Waals surface area contributed by atoms with Crippen molar-refractivity contribution in [2.75, 3.05) is 7.11 Å². The van der Waals surface area contributed by atoms with E-state index in [1.807, 2.05) is 0 Å². The van der Waals surface area contributed by atoms with Crippen LogP contribution in [-0.4, -0.2) is 19.3 Å². The standard InChI is InChI=1S/C19H15F3O2/c1-24-18(23)16-10-7-15(8-11-16)13-17(19(20,21)22)12-9-14-5-3-2-4-6-14/h2-13H,1H3/b12-9+,17-13+. The van der Waals surface area contributed by atoms with E-state index in [4.69, 9.17) is 0 Å². The third-order valence-electron chi connectivity index (χ3n) is 3.24. The van der Waals surface area contributed by atoms with Gasteiger partial charge in [0.2, 0.25) is 0 Å². The third kappa shape index (κ3) is 4.84. The van der Waals surface area contributed by atoms with Crippen molar-refractivity contribution in [3.05, 3.63) is 82.9 Å². The maximum absolute atomic E-state index is 13.2. The number of benzene rings is 2. The lowest BCUT2D eigenvalue weighted by molar-refractivity contribution is -0.0872. The third-order valence-corrected chi connectivity index (χ3v) is 3.24. The molecule has 0 spiro atoms. The Balaban J connectivity index is 2.29. The summed E-state index contributed by atoms with van der Waals surface area (Å²) in [5, 5.41) is 0. The molecule has 0 atom stereocenters. The van der Waals surface area contributed by atoms with Crippen molar-refractivity contribution < 1.29 is 22.7 Å². The minimum atomic E-state index is -4.48. The second kappa shape index (κ2) is 7.64. The molecule has 0 bridgehead atoms. The Kier molecular flexibility index (Phi) is 5.58. The number of hydrogen-bond donors (Lipinski definition) is 0. The zero-order chi connectivity index (χ0) is 17.6. The molecule has 2 aromatic carbocycles. The number of alkyl halides is 3. The molecule has 0 N–H and O–H groups in total. The summed E-state index contributed by atoms with van der Waals surface area (Å²) in [4.78, 5) is 11.3. The number of hydrogen-bond acceptors (Lipinski definition) is 2. The first kappa shape index (κ1) is 17.5. The zero-order valence-corrected chi connectivity index (χ0v) is 12.9. The average molecular weight is 332 g/mol. The molecule has 0 saturated heterocycles. The van der Waals surface area contributed by atoms with Crippen LogP contribution in [0.3, 0.4) is 0 Å². The highest BCUT2D eigenvalue weighted by Gasteiger charge is 2.31. The minimum Gasteiger partial charge on any atom is -0.465 e. The summed E-state index contributed by atoms with van der Waals surface area (Å²) in [6.07, 6.45) is -1.02. The molecule has 5 heteroatoms. The molecule has 0 amide bonds. The second-order valence-corrected chi connectivity index (χ2v) is 4.96. The molecule has 0 heterocycles. The zero-order valence-electron chi connectivity index (χ0n) is 12.9. The molecule has 0 unspecified atom stereocenters. The highest BCUT2D eigenvalue weighted by Crippen LogP contribution is 2.29. The summed E-state index contributed by atoms with van der Waals surface area (Å²) >= 11 is 0. The summed E-state index contributed by atoms with van der Waals surface area (Å²) in [6.45, 7) is 0. The van der Waals surface area contributed by atoms with Gasteiger partial charge >= 0.3 is 12.1 Å². The number of esters is 1. The summed E-state index contributed by atoms with van der Waals surface area (Å²) in [6, 6.07) is 14.5. The molecule has 0 saturated carbocycles. The molecule has 0 aliphatic carbocycles. The predicted octanol–water partition coefficient (Wildman–Crippen LogP) is 5.13. The van der Waals surface area contributed by atoms with Gasteiger partial charge in [-0.1, -0.05) is 48.5 Å². The van der Waals surface area contributed by atoms with E-state index in [0.29, 0.717) is 11.1 Å². The Hall–Kier alpha value is -2.82. The maximum Gasteiger partial charge on any atom is 0.416 e. The van der Waals surface area contributed by atoms with Gasteiger partial charge < -0.3 is 4.74 Å². The summed E-state index contributed by atoms with van der Waals surface area (Å²) in [5.74, 6) is -0.537. The number of rotatable bonds is 4. The first-order chi connectivity index (χ1) is 11.4. The van der Waals surface area contributed by atoms with Crippen LogP contribution in [0.1, 0.15) is 21.5 Å². The highest BCUT2D eigenvalue weighted by atomic mass is 19.4. The molecular formula is C19H15F3O2. The Morgan fingerprint density at radius 2 is 1.58 bits per heavy atom. The van der Waals surface area contributed by atoms with Gasteiger partial charge in [-0.25, -0.2) is 4.79 Å². The Morgan fingerprint density at radius 1 is 0.958 bits per heavy atom. The van der Waals surface area contributed by atoms with Crippen LogP contribution in [0.25, 0.3) is 12.2 Å². The van der Waals surface area contributed by atoms with E-state index < -0.39 is 17.7 Å². The Labute approximate surface area is 137 Å². The van der Waals surface area contributed by atoms with Crippen LogP contribution in [0.5, 0.6) is 0 Å². The van der Waals surface area contributed by atoms with Gasteiger partial charge in [0, 0.05) is 0 Å². The normalized spacial score (nSPS) is 12.4. The predicted molar refractivity (Wildman–Crippen MR) is 87.3 cm³/mol. The van der Waals surface area contributed by atoms with Crippen molar-refractivity contribution in [1.82, 2.24) is 0 Å². The molecule has 0 aromatic heterocycles. The lowest BCUT2D eigenvalue weighted by Crippen LogP contribution is -2.09. The van der Waals surface area contributed by atoms with E-state index >= 15 is 0 Å². The number of carbonyl (C=O) groups is 1. The number of ether oxygens (including phenoxy) is 1. The largest absolute Gasteiger partial charge is 0.465 e. The van der Waals surface area contributed by atoms with Crippen LogP contribution in [0.4, 0.5) is 13.2 Å². The van der Waals surface area contributed by atoms with Crippen molar-refractivity contribution in [2.24, 2.45) is 0 Å². The second-order valence-electron chi connectivity index (χ2n) is 4.96. The van der Waals surface area contributed by atoms with Crippen molar-refractivity contribution >= 4 is 18.1 Å². The van der Waals surface area contributed by atoms with Crippen molar-refractivity contribution in [1.29, 1.82) is 0 Å². The van der Waals surface area contributed by atoms with Crippen LogP contribution in [-0.2, 0) is 4.74 Å². The summed E-state index contributed by atoms with van der Waals surface area (Å²) in [7, 11) is 1.24. The quantitative estimate of drug-likeness (QED) is 0.573. The number of methoxy groups -OCH3 is 1. The van der Waals surface area contributed by atoms with Gasteiger partial charge in [0.05, 0.1) is 18.2 Å². The smallest absolute Gasteiger partial charge is 0.416 e. The molecule has 2 rings (SSSR count). The van der Waals surface area contributed by atoms with Gasteiger partial charge in [-0.2, -0.15) is 13.2 Å². The molecule has 2 aromatic rings. The topological polar surface area (TPSA) is 26.3 Å². The monoisotopic (exact) mass is 332 g/mol. The summed E-state index contributed by atoms with van der Waals surface area (Å²) in [5.41, 5.74) is 0.515. The average Bonchev–Trinajstić information content (AvgIpc) is 2.58. The Morgan fingerprint density at radius 3 is 2.12 bits per heavy atom. The fourth-order valence-corrected chi connectivity index (χ4v) is 1.99. The van der Waals surface area contributed by atoms with Gasteiger partial charge in [0.1, 0.15) is 0 Å². The van der Waals surface area contributed by atoms with E-state index in [0.717, 1.165) is 12.2 Å². The van der Waals surface area contributed by atoms with Gasteiger partial charge in [-0.3, -0.25) is 0 Å². The van der Waals surface area contributed by atoms with Gasteiger partial charge in [0.15, 0.2) is 0 Å². The van der Waals surface area contributed by atoms with Gasteiger partial charge in [-0.05, 0) is 35.4 Å². The van der Waals surface area contributed by atoms with Crippen LogP contribution in [0, 0.1) is 0 Å². The molecule has 24 heavy (non-hydrogen) atoms. The van der Waals surface area contributed by atoms with Crippen LogP contribution in [0.2, 0.25) is 0 Å². The molecule has 124 valence electrons. The van der Waals surface area contributed by atoms with E-state index in [1.165, 1.54) is 37.5 Å². The van der Waals surface area contributed by atoms with Gasteiger partial charge in [0.25, 0.3) is 0 Å². The van der Waals surface area contributed by atoms with Crippen molar-refractivity contribution in [3.63, 3.8) is 0 Å². The maximum atomic E-state index is 13.2. The van der Waals surface area contributed by atoms with Crippen molar-refractivity contribution in [2.45, 2.75) is 6.18 Å². The lowest BCUT2D eigenvalue weighted by atomic mass is 10.1. The fourth-order valence-electron chi connectivity index (χ4n) is 1.99. The first-order valence-corrected chi connectivity index (χ1v) is 7.10. The SMILES string of the molecule is COC(=O)c1ccc(/C=C(\C=C\c2ccccc2)C(F)(F)F)cc1. The lowest BCUT2D eigenvalue weighted by Gasteiger charge is -2.08. The summed E-state index contributed by atoms with van der Waals surface area (Å²) < 4.78 is 44.1. The highest BCUT2D eigenvalue weighted by molar-refractivity contribution is 5.89. The van der Waals surface area contributed by atoms with Crippen LogP contribution < -0.4 is 0 Å². The molecule has 2 nitrogen and oxygen atoms in total. The van der Waals surface area contributed by atoms with E-state index in [2.05, 4.69) is 4.74 Å². The van der Waals surface area contributed by atoms with E-state index in [1.54, 1.807) is 30.3 Å². The fraction of sp³-hybridized carbons (Fsp3) is 0.105. The Bertz CT molecular complexity index is 742. The van der Waals surface area contributed by atoms with Gasteiger partial charge in [-0.15, -0.1) is 0 Å². The van der Waals surface area contributed by atoms with Crippen molar-refractivity contribution in [3.8, 4) is 0 Å². The van der Waals surface area contributed by atoms with E-state index in [-0.39, 0.29) is 5.56 Å². The van der Waals surface area contributed by atoms with Crippen LogP contribution in [0.15, 0.2) is 66.2 Å². The number of carbonyl (C=O) groups excluding carboxylic acids is 1. The first-order valence-electron chi connectivity index (χ1n) is 7.10. The molecule has 0 aliphatic rings. The van der Waals surface area contributed by atoms with Crippen LogP contribution >= 0.6 is 0 Å². The minimum absolute atomic E-state index is 0.281. The molecule has 0 fully saturated rings. The molecular weight excluding hydrogens is 317 g/mol. The van der Waals surface area contributed by atoms with E-state index in [9.17, 15) is 18.0 Å².